The Morgan fingerprint density at radius 2 is 0.860 bits per heavy atom. The Hall–Kier alpha value is -7.11. The van der Waals surface area contributed by atoms with Crippen molar-refractivity contribution in [2.24, 2.45) is 0 Å². The molecule has 0 saturated carbocycles. The number of aromatic nitrogens is 8. The van der Waals surface area contributed by atoms with Crippen molar-refractivity contribution < 1.29 is 37.7 Å². The summed E-state index contributed by atoms with van der Waals surface area (Å²) in [7, 11) is 0. The number of pyridine rings is 6. The van der Waals surface area contributed by atoms with Gasteiger partial charge >= 0.3 is 25.8 Å². The Bertz CT molecular complexity index is 3000. The van der Waals surface area contributed by atoms with Crippen LogP contribution in [0.4, 0.5) is 8.78 Å². The van der Waals surface area contributed by atoms with Gasteiger partial charge in [-0.15, -0.1) is 8.78 Å². The Balaban J connectivity index is 0.000000122. The number of ether oxygens (including phenoxy) is 2. The first kappa shape index (κ1) is 35.6. The number of imidazole rings is 1. The van der Waals surface area contributed by atoms with Crippen LogP contribution in [0.5, 0.6) is 11.5 Å². The Morgan fingerprint density at radius 3 is 1.37 bits per heavy atom. The Labute approximate surface area is 334 Å². The largest absolute Gasteiger partial charge is 2.00 e. The van der Waals surface area contributed by atoms with Crippen molar-refractivity contribution in [3.63, 3.8) is 0 Å². The van der Waals surface area contributed by atoms with Crippen LogP contribution >= 0.6 is 0 Å². The predicted molar refractivity (Wildman–Crippen MR) is 212 cm³/mol. The van der Waals surface area contributed by atoms with E-state index in [0.717, 1.165) is 76.5 Å². The van der Waals surface area contributed by atoms with Gasteiger partial charge in [-0.3, -0.25) is 29.9 Å². The third kappa shape index (κ3) is 6.57. The second kappa shape index (κ2) is 14.5. The van der Waals surface area contributed by atoms with Crippen LogP contribution in [0, 0.1) is 0 Å². The maximum atomic E-state index is 13.3. The third-order valence-corrected chi connectivity index (χ3v) is 9.43. The molecule has 0 amide bonds. The van der Waals surface area contributed by atoms with E-state index in [1.807, 2.05) is 48.5 Å². The van der Waals surface area contributed by atoms with E-state index in [1.54, 1.807) is 43.2 Å². The number of hydrogen-bond donors (Lipinski definition) is 1. The van der Waals surface area contributed by atoms with Crippen molar-refractivity contribution in [1.29, 1.82) is 0 Å². The Morgan fingerprint density at radius 1 is 0.439 bits per heavy atom. The average molecular weight is 838 g/mol. The van der Waals surface area contributed by atoms with Crippen LogP contribution in [0.25, 0.3) is 87.8 Å². The molecule has 0 bridgehead atoms. The number of halogens is 2. The number of rotatable bonds is 1. The quantitative estimate of drug-likeness (QED) is 0.127. The van der Waals surface area contributed by atoms with Crippen molar-refractivity contribution in [3.05, 3.63) is 152 Å². The zero-order valence-corrected chi connectivity index (χ0v) is 31.2. The van der Waals surface area contributed by atoms with Crippen molar-refractivity contribution in [2.75, 3.05) is 0 Å². The molecule has 1 N–H and O–H groups in total. The first-order valence-electron chi connectivity index (χ1n) is 17.6. The summed E-state index contributed by atoms with van der Waals surface area (Å²) >= 11 is 0. The van der Waals surface area contributed by atoms with E-state index >= 15 is 0 Å². The number of nitrogens with one attached hydrogen (secondary N) is 1. The normalized spacial score (nSPS) is 12.7. The summed E-state index contributed by atoms with van der Waals surface area (Å²) in [6.45, 7) is 0. The number of alkyl halides is 2. The fourth-order valence-corrected chi connectivity index (χ4v) is 6.94. The molecule has 0 radical (unpaired) electrons. The van der Waals surface area contributed by atoms with Crippen LogP contribution in [0.2, 0.25) is 0 Å². The van der Waals surface area contributed by atoms with Gasteiger partial charge in [0.15, 0.2) is 11.5 Å². The zero-order chi connectivity index (χ0) is 37.6. The first-order chi connectivity index (χ1) is 27.5. The molecule has 1 aliphatic rings. The summed E-state index contributed by atoms with van der Waals surface area (Å²) < 4.78 is 35.6. The van der Waals surface area contributed by atoms with Crippen LogP contribution in [-0.2, 0) is 19.5 Å². The molecule has 274 valence electrons. The molecule has 0 atom stereocenters. The molecule has 0 spiro atoms. The number of H-pyrrole nitrogens is 1. The van der Waals surface area contributed by atoms with Gasteiger partial charge in [0.05, 0.1) is 44.1 Å². The molecule has 12 rings (SSSR count). The van der Waals surface area contributed by atoms with Gasteiger partial charge < -0.3 is 14.5 Å². The van der Waals surface area contributed by atoms with Crippen LogP contribution < -0.4 is 9.47 Å². The minimum absolute atomic E-state index is 0. The molecule has 0 aliphatic carbocycles. The molecular weight excluding hydrogens is 812 g/mol. The summed E-state index contributed by atoms with van der Waals surface area (Å²) in [6.07, 6.45) is 6.99. The van der Waals surface area contributed by atoms with E-state index in [0.29, 0.717) is 11.4 Å². The minimum atomic E-state index is -3.65. The minimum Gasteiger partial charge on any atom is -0.395 e. The molecule has 1 aliphatic heterocycles. The van der Waals surface area contributed by atoms with Gasteiger partial charge in [0, 0.05) is 75.1 Å². The average Bonchev–Trinajstić information content (AvgIpc) is 3.84. The van der Waals surface area contributed by atoms with Gasteiger partial charge in [0.25, 0.3) is 0 Å². The van der Waals surface area contributed by atoms with Crippen molar-refractivity contribution in [3.8, 4) is 22.9 Å². The number of benzene rings is 4. The van der Waals surface area contributed by atoms with E-state index in [9.17, 15) is 8.78 Å². The zero-order valence-electron chi connectivity index (χ0n) is 29.5. The third-order valence-electron chi connectivity index (χ3n) is 9.43. The van der Waals surface area contributed by atoms with E-state index in [2.05, 4.69) is 92.9 Å². The predicted octanol–water partition coefficient (Wildman–Crippen LogP) is 10.2. The fourth-order valence-electron chi connectivity index (χ4n) is 6.94. The number of fused-ring (bicyclic) bond motifs is 13. The molecule has 0 saturated heterocycles. The van der Waals surface area contributed by atoms with E-state index in [1.165, 1.54) is 12.1 Å². The maximum Gasteiger partial charge on any atom is 2.00 e. The van der Waals surface area contributed by atoms with Crippen molar-refractivity contribution in [2.45, 2.75) is 6.29 Å². The van der Waals surface area contributed by atoms with Gasteiger partial charge in [0.1, 0.15) is 5.82 Å². The van der Waals surface area contributed by atoms with Crippen molar-refractivity contribution in [1.82, 2.24) is 39.9 Å². The van der Waals surface area contributed by atoms with Crippen molar-refractivity contribution >= 4 is 76.5 Å². The molecule has 0 fully saturated rings. The molecule has 0 unspecified atom stereocenters. The topological polar surface area (TPSA) is 124 Å². The number of nitrogens with zero attached hydrogens (tertiary/aromatic N) is 7. The molecular formula is C44H26F2N8O2Ru+2. The van der Waals surface area contributed by atoms with Crippen LogP contribution in [0.3, 0.4) is 0 Å². The monoisotopic (exact) mass is 838 g/mol. The van der Waals surface area contributed by atoms with E-state index in [4.69, 9.17) is 4.98 Å². The first-order valence-corrected chi connectivity index (χ1v) is 17.6. The van der Waals surface area contributed by atoms with Gasteiger partial charge in [-0.25, -0.2) is 4.98 Å². The molecule has 10 nitrogen and oxygen atoms in total. The van der Waals surface area contributed by atoms with Crippen LogP contribution in [0.15, 0.2) is 152 Å². The molecule has 7 aromatic heterocycles. The molecule has 4 aromatic carbocycles. The molecule has 13 heteroatoms. The van der Waals surface area contributed by atoms with E-state index in [-0.39, 0.29) is 31.0 Å². The second-order valence-electron chi connectivity index (χ2n) is 12.9. The van der Waals surface area contributed by atoms with Gasteiger partial charge in [-0.1, -0.05) is 48.5 Å². The fraction of sp³-hybridized carbons (Fsp3) is 0.0227. The van der Waals surface area contributed by atoms with Crippen LogP contribution in [-0.4, -0.2) is 46.2 Å². The van der Waals surface area contributed by atoms with Gasteiger partial charge in [-0.05, 0) is 66.7 Å². The maximum absolute atomic E-state index is 13.3. The smallest absolute Gasteiger partial charge is 0.395 e. The summed E-state index contributed by atoms with van der Waals surface area (Å²) in [5, 5.41) is 6.29. The summed E-state index contributed by atoms with van der Waals surface area (Å²) in [6, 6.07) is 36.4. The molecule has 8 heterocycles. The number of aromatic amines is 1. The van der Waals surface area contributed by atoms with Crippen LogP contribution in [0.1, 0.15) is 0 Å². The SMILES string of the molecule is FC1(F)Oc2ccc(-c3nc4c5cccnc5c5ncccc5c4[nH]3)cc2O1.[Ru+2].c1cnc2c(c1)ccc1cccnc12.c1cnc2c(c1)ccc1cccnc12. The second-order valence-corrected chi connectivity index (χ2v) is 12.9. The van der Waals surface area contributed by atoms with Gasteiger partial charge in [0.2, 0.25) is 0 Å². The Kier molecular flexibility index (Phi) is 9.06. The summed E-state index contributed by atoms with van der Waals surface area (Å²) in [5.74, 6) is 0.494. The standard InChI is InChI=1S/C20H10F2N4O2.2C12H8N2.Ru/c21-20(22)27-13-6-5-10(9-14(13)28-20)19-25-17-11-3-1-7-23-15(11)16-12(18(17)26-19)4-2-8-24-16;2*1-3-9-5-6-10-4-2-8-14-12(10)11(9)13-7-1;/h1-9H,(H,25,26);2*1-8H;/q;;;+2. The van der Waals surface area contributed by atoms with Gasteiger partial charge in [-0.2, -0.15) is 0 Å². The number of hydrogen-bond acceptors (Lipinski definition) is 9. The van der Waals surface area contributed by atoms with E-state index < -0.39 is 6.29 Å². The summed E-state index contributed by atoms with van der Waals surface area (Å²) in [4.78, 5) is 34.3. The molecule has 57 heavy (non-hydrogen) atoms. The summed E-state index contributed by atoms with van der Waals surface area (Å²) in [5.41, 5.74) is 7.58. The molecule has 11 aromatic rings.